The molecule has 0 fully saturated rings. The fraction of sp³-hybridized carbons (Fsp3) is 0.250. The Morgan fingerprint density at radius 2 is 1.93 bits per heavy atom. The van der Waals surface area contributed by atoms with E-state index in [-0.39, 0.29) is 29.5 Å². The first kappa shape index (κ1) is 21.7. The van der Waals surface area contributed by atoms with Gasteiger partial charge in [0, 0.05) is 17.8 Å². The maximum Gasteiger partial charge on any atom is 0.573 e. The van der Waals surface area contributed by atoms with Gasteiger partial charge >= 0.3 is 6.36 Å². The second kappa shape index (κ2) is 9.21. The summed E-state index contributed by atoms with van der Waals surface area (Å²) in [5, 5.41) is 11.1. The summed E-state index contributed by atoms with van der Waals surface area (Å²) in [6.07, 6.45) is -3.23. The minimum Gasteiger partial charge on any atom is -0.405 e. The molecule has 0 aliphatic carbocycles. The summed E-state index contributed by atoms with van der Waals surface area (Å²) in [5.41, 5.74) is 3.39. The van der Waals surface area contributed by atoms with Crippen LogP contribution in [0.1, 0.15) is 16.7 Å². The third-order valence-electron chi connectivity index (χ3n) is 4.29. The molecule has 0 spiro atoms. The van der Waals surface area contributed by atoms with Crippen LogP contribution >= 0.6 is 11.8 Å². The Kier molecular flexibility index (Phi) is 6.66. The number of para-hydroxylation sites is 1. The van der Waals surface area contributed by atoms with Crippen molar-refractivity contribution in [1.29, 1.82) is 0 Å². The van der Waals surface area contributed by atoms with E-state index in [0.717, 1.165) is 16.8 Å². The number of thioether (sulfide) groups is 1. The molecule has 6 nitrogen and oxygen atoms in total. The number of benzene rings is 2. The van der Waals surface area contributed by atoms with E-state index >= 15 is 0 Å². The lowest BCUT2D eigenvalue weighted by Gasteiger charge is -2.13. The van der Waals surface area contributed by atoms with Crippen LogP contribution in [0.25, 0.3) is 5.69 Å². The fourth-order valence-corrected chi connectivity index (χ4v) is 3.38. The van der Waals surface area contributed by atoms with Gasteiger partial charge in [-0.25, -0.2) is 0 Å². The van der Waals surface area contributed by atoms with Crippen molar-refractivity contribution in [2.45, 2.75) is 31.9 Å². The summed E-state index contributed by atoms with van der Waals surface area (Å²) < 4.78 is 43.2. The molecule has 0 aliphatic heterocycles. The van der Waals surface area contributed by atoms with Gasteiger partial charge < -0.3 is 10.1 Å². The number of ether oxygens (including phenoxy) is 1. The molecule has 10 heteroatoms. The number of nitrogens with zero attached hydrogens (tertiary/aromatic N) is 3. The van der Waals surface area contributed by atoms with Crippen molar-refractivity contribution in [1.82, 2.24) is 20.1 Å². The van der Waals surface area contributed by atoms with Crippen molar-refractivity contribution in [3.8, 4) is 11.4 Å². The van der Waals surface area contributed by atoms with Crippen molar-refractivity contribution in [3.63, 3.8) is 0 Å². The van der Waals surface area contributed by atoms with Gasteiger partial charge in [-0.3, -0.25) is 9.36 Å². The lowest BCUT2D eigenvalue weighted by molar-refractivity contribution is -0.274. The third kappa shape index (κ3) is 5.76. The van der Waals surface area contributed by atoms with Gasteiger partial charge in [0.05, 0.1) is 5.75 Å². The number of carbonyl (C=O) groups is 1. The molecule has 1 heterocycles. The second-order valence-corrected chi connectivity index (χ2v) is 7.42. The minimum atomic E-state index is -4.80. The number of carbonyl (C=O) groups excluding carboxylic acids is 1. The van der Waals surface area contributed by atoms with Crippen LogP contribution in [-0.4, -0.2) is 32.8 Å². The lowest BCUT2D eigenvalue weighted by atomic mass is 10.1. The summed E-state index contributed by atoms with van der Waals surface area (Å²) >= 11 is 1.18. The Morgan fingerprint density at radius 1 is 1.17 bits per heavy atom. The summed E-state index contributed by atoms with van der Waals surface area (Å²) in [5.74, 6) is -0.657. The smallest absolute Gasteiger partial charge is 0.405 e. The Balaban J connectivity index is 1.59. The molecule has 0 aliphatic rings. The Bertz CT molecular complexity index is 1040. The molecule has 0 saturated heterocycles. The number of alkyl halides is 3. The van der Waals surface area contributed by atoms with Crippen LogP contribution in [-0.2, 0) is 11.3 Å². The van der Waals surface area contributed by atoms with E-state index < -0.39 is 6.36 Å². The van der Waals surface area contributed by atoms with Crippen molar-refractivity contribution < 1.29 is 22.7 Å². The number of rotatable bonds is 7. The molecule has 3 aromatic rings. The normalized spacial score (nSPS) is 11.4. The number of aryl methyl sites for hydroxylation is 2. The van der Waals surface area contributed by atoms with Crippen LogP contribution in [0.15, 0.2) is 53.9 Å². The first-order valence-electron chi connectivity index (χ1n) is 8.94. The number of amides is 1. The quantitative estimate of drug-likeness (QED) is 0.563. The van der Waals surface area contributed by atoms with Gasteiger partial charge in [-0.1, -0.05) is 36.0 Å². The van der Waals surface area contributed by atoms with Crippen LogP contribution in [0.2, 0.25) is 0 Å². The molecule has 0 atom stereocenters. The van der Waals surface area contributed by atoms with E-state index in [0.29, 0.717) is 5.16 Å². The molecule has 0 unspecified atom stereocenters. The van der Waals surface area contributed by atoms with Gasteiger partial charge in [-0.05, 0) is 43.2 Å². The van der Waals surface area contributed by atoms with Gasteiger partial charge in [0.15, 0.2) is 5.16 Å². The van der Waals surface area contributed by atoms with E-state index in [9.17, 15) is 18.0 Å². The zero-order chi connectivity index (χ0) is 21.7. The highest BCUT2D eigenvalue weighted by Gasteiger charge is 2.32. The second-order valence-electron chi connectivity index (χ2n) is 6.47. The molecular formula is C20H19F3N4O2S. The lowest BCUT2D eigenvalue weighted by Crippen LogP contribution is -2.26. The maximum atomic E-state index is 12.5. The van der Waals surface area contributed by atoms with Gasteiger partial charge in [0.1, 0.15) is 12.1 Å². The third-order valence-corrected chi connectivity index (χ3v) is 5.23. The van der Waals surface area contributed by atoms with Crippen molar-refractivity contribution >= 4 is 17.7 Å². The summed E-state index contributed by atoms with van der Waals surface area (Å²) in [6.45, 7) is 3.93. The molecule has 30 heavy (non-hydrogen) atoms. The number of hydrogen-bond acceptors (Lipinski definition) is 5. The predicted molar refractivity (Wildman–Crippen MR) is 107 cm³/mol. The average molecular weight is 436 g/mol. The topological polar surface area (TPSA) is 69.0 Å². The van der Waals surface area contributed by atoms with E-state index in [1.807, 2.05) is 32.0 Å². The van der Waals surface area contributed by atoms with Crippen LogP contribution < -0.4 is 10.1 Å². The number of nitrogens with one attached hydrogen (secondary N) is 1. The molecule has 1 aromatic heterocycles. The molecule has 1 N–H and O–H groups in total. The molecule has 0 radical (unpaired) electrons. The molecular weight excluding hydrogens is 417 g/mol. The highest BCUT2D eigenvalue weighted by molar-refractivity contribution is 7.99. The predicted octanol–water partition coefficient (Wildman–Crippen LogP) is 4.19. The molecule has 0 saturated carbocycles. The molecule has 158 valence electrons. The van der Waals surface area contributed by atoms with E-state index in [1.165, 1.54) is 30.0 Å². The largest absolute Gasteiger partial charge is 0.573 e. The average Bonchev–Trinajstić information content (AvgIpc) is 3.15. The summed E-state index contributed by atoms with van der Waals surface area (Å²) in [4.78, 5) is 12.2. The molecule has 0 bridgehead atoms. The molecule has 3 rings (SSSR count). The zero-order valence-corrected chi connectivity index (χ0v) is 17.0. The Hall–Kier alpha value is -3.01. The zero-order valence-electron chi connectivity index (χ0n) is 16.2. The maximum absolute atomic E-state index is 12.5. The SMILES string of the molecule is Cc1ccc(-n2cnnc2SCC(=O)NCc2ccccc2OC(F)(F)F)cc1C. The first-order chi connectivity index (χ1) is 14.2. The van der Waals surface area contributed by atoms with Crippen molar-refractivity contribution in [3.05, 3.63) is 65.5 Å². The van der Waals surface area contributed by atoms with Crippen LogP contribution in [0.3, 0.4) is 0 Å². The highest BCUT2D eigenvalue weighted by Crippen LogP contribution is 2.26. The van der Waals surface area contributed by atoms with E-state index in [4.69, 9.17) is 0 Å². The fourth-order valence-electron chi connectivity index (χ4n) is 2.62. The number of hydrogen-bond donors (Lipinski definition) is 1. The Labute approximate surface area is 175 Å². The van der Waals surface area contributed by atoms with E-state index in [2.05, 4.69) is 20.3 Å². The van der Waals surface area contributed by atoms with Crippen LogP contribution in [0.4, 0.5) is 13.2 Å². The Morgan fingerprint density at radius 3 is 2.67 bits per heavy atom. The van der Waals surface area contributed by atoms with Gasteiger partial charge in [-0.15, -0.1) is 23.4 Å². The van der Waals surface area contributed by atoms with Crippen molar-refractivity contribution in [2.75, 3.05) is 5.75 Å². The number of aromatic nitrogens is 3. The molecule has 2 aromatic carbocycles. The summed E-state index contributed by atoms with van der Waals surface area (Å²) in [7, 11) is 0. The highest BCUT2D eigenvalue weighted by atomic mass is 32.2. The van der Waals surface area contributed by atoms with E-state index in [1.54, 1.807) is 17.0 Å². The first-order valence-corrected chi connectivity index (χ1v) is 9.92. The van der Waals surface area contributed by atoms with Gasteiger partial charge in [0.25, 0.3) is 0 Å². The summed E-state index contributed by atoms with van der Waals surface area (Å²) in [6, 6.07) is 11.6. The molecule has 1 amide bonds. The van der Waals surface area contributed by atoms with Crippen LogP contribution in [0, 0.1) is 13.8 Å². The minimum absolute atomic E-state index is 0.0336. The monoisotopic (exact) mass is 436 g/mol. The number of halogens is 3. The standard InChI is InChI=1S/C20H19F3N4O2S/c1-13-7-8-16(9-14(13)2)27-12-25-26-19(27)30-11-18(28)24-10-15-5-3-4-6-17(15)29-20(21,22)23/h3-9,12H,10-11H2,1-2H3,(H,24,28). The van der Waals surface area contributed by atoms with Gasteiger partial charge in [-0.2, -0.15) is 0 Å². The van der Waals surface area contributed by atoms with Crippen molar-refractivity contribution in [2.24, 2.45) is 0 Å². The van der Waals surface area contributed by atoms with Gasteiger partial charge in [0.2, 0.25) is 5.91 Å². The van der Waals surface area contributed by atoms with Crippen LogP contribution in [0.5, 0.6) is 5.75 Å².